The molecule has 0 unspecified atom stereocenters. The molecule has 2 saturated heterocycles. The summed E-state index contributed by atoms with van der Waals surface area (Å²) >= 11 is 0. The Morgan fingerprint density at radius 1 is 0.860 bits per heavy atom. The van der Waals surface area contributed by atoms with Crippen molar-refractivity contribution in [3.05, 3.63) is 132 Å². The number of ether oxygens (including phenoxy) is 2. The molecule has 3 aromatic rings. The molecule has 7 atom stereocenters. The molecule has 4 heterocycles. The number of cyclic esters (lactones) is 1. The van der Waals surface area contributed by atoms with Gasteiger partial charge in [0.15, 0.2) is 0 Å². The number of fused-ring (bicyclic) bond motifs is 2. The average Bonchev–Trinajstić information content (AvgIpc) is 3.54. The number of benzene rings is 3. The van der Waals surface area contributed by atoms with Gasteiger partial charge in [-0.1, -0.05) is 115 Å². The first-order valence-corrected chi connectivity index (χ1v) is 17.2. The van der Waals surface area contributed by atoms with E-state index in [4.69, 9.17) is 9.47 Å². The summed E-state index contributed by atoms with van der Waals surface area (Å²) in [6.45, 7) is 0.119. The van der Waals surface area contributed by atoms with Gasteiger partial charge in [0.05, 0.1) is 36.6 Å². The molecule has 0 saturated carbocycles. The largest absolute Gasteiger partial charge is 0.463 e. The van der Waals surface area contributed by atoms with Gasteiger partial charge in [0.1, 0.15) is 18.2 Å². The third-order valence-electron chi connectivity index (χ3n) is 10.2. The lowest BCUT2D eigenvalue weighted by Crippen LogP contribution is -2.58. The van der Waals surface area contributed by atoms with Crippen LogP contribution in [0, 0.1) is 11.8 Å². The number of likely N-dealkylation sites (tertiary alicyclic amines) is 1. The fourth-order valence-electron chi connectivity index (χ4n) is 7.90. The number of nitrogens with zero attached hydrogens (tertiary/aromatic N) is 2. The predicted octanol–water partition coefficient (Wildman–Crippen LogP) is 3.52. The van der Waals surface area contributed by atoms with Gasteiger partial charge in [0, 0.05) is 19.5 Å². The molecule has 4 aliphatic rings. The van der Waals surface area contributed by atoms with Crippen molar-refractivity contribution in [1.82, 2.24) is 15.1 Å². The van der Waals surface area contributed by atoms with Gasteiger partial charge in [-0.05, 0) is 29.5 Å². The quantitative estimate of drug-likeness (QED) is 0.290. The third-order valence-corrected chi connectivity index (χ3v) is 10.2. The van der Waals surface area contributed by atoms with Crippen molar-refractivity contribution in [3.8, 4) is 0 Å². The summed E-state index contributed by atoms with van der Waals surface area (Å²) in [4.78, 5) is 60.1. The highest BCUT2D eigenvalue weighted by Crippen LogP contribution is 2.53. The summed E-state index contributed by atoms with van der Waals surface area (Å²) in [5, 5.41) is 13.9. The lowest BCUT2D eigenvalue weighted by Gasteiger charge is -2.38. The van der Waals surface area contributed by atoms with Crippen LogP contribution >= 0.6 is 0 Å². The second kappa shape index (κ2) is 14.4. The molecule has 258 valence electrons. The maximum absolute atomic E-state index is 15.0. The predicted molar refractivity (Wildman–Crippen MR) is 184 cm³/mol. The molecular formula is C40H41N3O7. The van der Waals surface area contributed by atoms with Crippen molar-refractivity contribution < 1.29 is 33.8 Å². The number of rotatable bonds is 7. The van der Waals surface area contributed by atoms with E-state index in [1.165, 1.54) is 4.90 Å². The molecule has 10 heteroatoms. The lowest BCUT2D eigenvalue weighted by molar-refractivity contribution is -0.151. The van der Waals surface area contributed by atoms with E-state index in [1.807, 2.05) is 97.1 Å². The Labute approximate surface area is 291 Å². The molecule has 4 aliphatic heterocycles. The molecule has 3 amide bonds. The highest BCUT2D eigenvalue weighted by atomic mass is 16.5. The Balaban J connectivity index is 1.31. The topological polar surface area (TPSA) is 125 Å². The van der Waals surface area contributed by atoms with Crippen LogP contribution in [0.15, 0.2) is 115 Å². The summed E-state index contributed by atoms with van der Waals surface area (Å²) in [6, 6.07) is 25.8. The Morgan fingerprint density at radius 2 is 1.54 bits per heavy atom. The first-order valence-electron chi connectivity index (χ1n) is 17.2. The smallest absolute Gasteiger partial charge is 0.306 e. The van der Waals surface area contributed by atoms with Gasteiger partial charge < -0.3 is 29.7 Å². The van der Waals surface area contributed by atoms with E-state index in [0.717, 1.165) is 16.7 Å². The number of hydrogen-bond donors (Lipinski definition) is 2. The fourth-order valence-corrected chi connectivity index (χ4v) is 7.90. The van der Waals surface area contributed by atoms with Crippen LogP contribution in [0.2, 0.25) is 0 Å². The molecule has 0 aromatic heterocycles. The maximum Gasteiger partial charge on any atom is 0.306 e. The normalized spacial score (nSPS) is 29.4. The Kier molecular flexibility index (Phi) is 9.65. The average molecular weight is 676 g/mol. The summed E-state index contributed by atoms with van der Waals surface area (Å²) in [6.07, 6.45) is 7.09. The first kappa shape index (κ1) is 33.4. The Hall–Kier alpha value is -5.06. The highest BCUT2D eigenvalue weighted by Gasteiger charge is 2.72. The Morgan fingerprint density at radius 3 is 2.24 bits per heavy atom. The molecule has 2 fully saturated rings. The zero-order valence-corrected chi connectivity index (χ0v) is 27.7. The molecule has 0 aliphatic carbocycles. The van der Waals surface area contributed by atoms with E-state index in [-0.39, 0.29) is 31.4 Å². The number of allylic oxidation sites excluding steroid dienone is 1. The van der Waals surface area contributed by atoms with Crippen LogP contribution in [0.5, 0.6) is 0 Å². The van der Waals surface area contributed by atoms with Crippen LogP contribution in [0.25, 0.3) is 0 Å². The standard InChI is InChI=1S/C40H41N3O7/c44-25-30(23-27-13-4-1-5-14-27)43-36-39(48)42(24-28-15-6-2-7-16-28)22-12-21-40(36)35(38(43)47)34-32(50-40)19-10-11-20-33(45)49-26-31(41-37(34)46)29-17-8-3-9-18-29/h1-10,12-19,21,30-32,34-36,44H,11,20,22-26H2,(H,41,46)/b19-10-/t30-,31-,32+,34-,35-,36+,40-/m1/s1. The molecule has 10 nitrogen and oxygen atoms in total. The summed E-state index contributed by atoms with van der Waals surface area (Å²) in [7, 11) is 0. The second-order valence-electron chi connectivity index (χ2n) is 13.3. The number of esters is 1. The number of nitrogens with one attached hydrogen (secondary N) is 1. The van der Waals surface area contributed by atoms with Crippen molar-refractivity contribution in [2.45, 2.75) is 55.6 Å². The monoisotopic (exact) mass is 675 g/mol. The highest BCUT2D eigenvalue weighted by molar-refractivity contribution is 6.00. The summed E-state index contributed by atoms with van der Waals surface area (Å²) in [5.41, 5.74) is 1.08. The zero-order valence-electron chi connectivity index (χ0n) is 27.7. The van der Waals surface area contributed by atoms with E-state index in [9.17, 15) is 24.3 Å². The van der Waals surface area contributed by atoms with E-state index in [0.29, 0.717) is 19.4 Å². The molecule has 0 radical (unpaired) electrons. The molecule has 2 N–H and O–H groups in total. The minimum atomic E-state index is -1.49. The van der Waals surface area contributed by atoms with Gasteiger partial charge in [-0.25, -0.2) is 0 Å². The van der Waals surface area contributed by atoms with Crippen LogP contribution in [-0.4, -0.2) is 82.1 Å². The van der Waals surface area contributed by atoms with Crippen LogP contribution < -0.4 is 5.32 Å². The number of amides is 3. The molecule has 1 spiro atoms. The van der Waals surface area contributed by atoms with Gasteiger partial charge in [0.25, 0.3) is 0 Å². The minimum absolute atomic E-state index is 0.0778. The van der Waals surface area contributed by atoms with Crippen molar-refractivity contribution in [2.75, 3.05) is 19.8 Å². The van der Waals surface area contributed by atoms with Gasteiger partial charge in [-0.3, -0.25) is 19.2 Å². The van der Waals surface area contributed by atoms with Gasteiger partial charge in [0.2, 0.25) is 17.7 Å². The first-order chi connectivity index (χ1) is 24.4. The van der Waals surface area contributed by atoms with Crippen molar-refractivity contribution in [3.63, 3.8) is 0 Å². The molecular weight excluding hydrogens is 634 g/mol. The van der Waals surface area contributed by atoms with Crippen LogP contribution in [0.3, 0.4) is 0 Å². The van der Waals surface area contributed by atoms with Crippen LogP contribution in [-0.2, 0) is 41.6 Å². The summed E-state index contributed by atoms with van der Waals surface area (Å²) in [5.74, 6) is -3.65. The summed E-state index contributed by atoms with van der Waals surface area (Å²) < 4.78 is 12.4. The molecule has 3 aromatic carbocycles. The SMILES string of the molecule is O=C1CC/C=C\[C@@H]2O[C@@]34C=CCN(Cc5ccccc5)C(=O)[C@@H]3N([C@@H](CO)Cc3ccccc3)C(=O)[C@H]4[C@@H]2C(=O)N[C@@H](c2ccccc2)CO1. The number of aliphatic hydroxyl groups is 1. The van der Waals surface area contributed by atoms with E-state index in [2.05, 4.69) is 5.32 Å². The lowest BCUT2D eigenvalue weighted by atomic mass is 9.77. The number of carbonyl (C=O) groups is 4. The van der Waals surface area contributed by atoms with Crippen LogP contribution in [0.4, 0.5) is 0 Å². The Bertz CT molecular complexity index is 1770. The van der Waals surface area contributed by atoms with Crippen molar-refractivity contribution >= 4 is 23.7 Å². The van der Waals surface area contributed by atoms with Crippen molar-refractivity contribution in [2.24, 2.45) is 11.8 Å². The van der Waals surface area contributed by atoms with E-state index < -0.39 is 60.1 Å². The number of carbonyl (C=O) groups excluding carboxylic acids is 4. The number of hydrogen-bond acceptors (Lipinski definition) is 7. The minimum Gasteiger partial charge on any atom is -0.463 e. The van der Waals surface area contributed by atoms with Gasteiger partial charge >= 0.3 is 5.97 Å². The third kappa shape index (κ3) is 6.36. The van der Waals surface area contributed by atoms with E-state index >= 15 is 0 Å². The molecule has 50 heavy (non-hydrogen) atoms. The zero-order chi connectivity index (χ0) is 34.7. The molecule has 0 bridgehead atoms. The van der Waals surface area contributed by atoms with Gasteiger partial charge in [-0.2, -0.15) is 0 Å². The second-order valence-corrected chi connectivity index (χ2v) is 13.3. The van der Waals surface area contributed by atoms with Crippen LogP contribution in [0.1, 0.15) is 35.6 Å². The van der Waals surface area contributed by atoms with E-state index in [1.54, 1.807) is 23.1 Å². The van der Waals surface area contributed by atoms with Crippen molar-refractivity contribution in [1.29, 1.82) is 0 Å². The number of aliphatic hydroxyl groups excluding tert-OH is 1. The fraction of sp³-hybridized carbons (Fsp3) is 0.350. The van der Waals surface area contributed by atoms with Gasteiger partial charge in [-0.15, -0.1) is 0 Å². The maximum atomic E-state index is 15.0. The molecule has 7 rings (SSSR count).